The molecule has 68 valence electrons. The van der Waals surface area contributed by atoms with E-state index in [2.05, 4.69) is 6.07 Å². The fourth-order valence-electron chi connectivity index (χ4n) is 1.11. The van der Waals surface area contributed by atoms with Crippen LogP contribution in [0.4, 0.5) is 0 Å². The Bertz CT molecular complexity index is 317. The molecule has 1 aromatic rings. The zero-order valence-electron chi connectivity index (χ0n) is 7.57. The normalized spacial score (nSPS) is 9.92. The number of para-hydroxylation sites is 1. The first kappa shape index (κ1) is 9.56. The van der Waals surface area contributed by atoms with E-state index in [1.54, 1.807) is 12.1 Å². The number of hydrogen-bond acceptors (Lipinski definition) is 3. The predicted molar refractivity (Wildman–Crippen MR) is 50.1 cm³/mol. The molecule has 3 nitrogen and oxygen atoms in total. The van der Waals surface area contributed by atoms with E-state index in [9.17, 15) is 5.11 Å². The van der Waals surface area contributed by atoms with E-state index < -0.39 is 0 Å². The highest BCUT2D eigenvalue weighted by atomic mass is 16.3. The molecule has 0 aromatic heterocycles. The summed E-state index contributed by atoms with van der Waals surface area (Å²) in [6, 6.07) is 9.20. The van der Waals surface area contributed by atoms with Crippen molar-refractivity contribution in [2.24, 2.45) is 0 Å². The number of aromatic hydroxyl groups is 1. The number of hydrogen-bond donors (Lipinski definition) is 1. The summed E-state index contributed by atoms with van der Waals surface area (Å²) >= 11 is 0. The van der Waals surface area contributed by atoms with Crippen molar-refractivity contribution in [1.29, 1.82) is 5.26 Å². The molecule has 1 N–H and O–H groups in total. The van der Waals surface area contributed by atoms with Gasteiger partial charge < -0.3 is 5.11 Å². The van der Waals surface area contributed by atoms with Crippen LogP contribution < -0.4 is 0 Å². The summed E-state index contributed by atoms with van der Waals surface area (Å²) in [6.45, 7) is 0.967. The zero-order chi connectivity index (χ0) is 9.68. The number of phenols is 1. The first-order chi connectivity index (χ1) is 6.24. The van der Waals surface area contributed by atoms with Gasteiger partial charge in [0.05, 0.1) is 12.6 Å². The van der Waals surface area contributed by atoms with E-state index in [0.29, 0.717) is 13.1 Å². The van der Waals surface area contributed by atoms with Crippen LogP contribution >= 0.6 is 0 Å². The van der Waals surface area contributed by atoms with Gasteiger partial charge in [-0.2, -0.15) is 5.26 Å². The highest BCUT2D eigenvalue weighted by molar-refractivity contribution is 5.31. The summed E-state index contributed by atoms with van der Waals surface area (Å²) in [6.07, 6.45) is 0. The van der Waals surface area contributed by atoms with Crippen LogP contribution in [0.1, 0.15) is 5.56 Å². The molecule has 0 heterocycles. The van der Waals surface area contributed by atoms with E-state index >= 15 is 0 Å². The topological polar surface area (TPSA) is 47.3 Å². The Morgan fingerprint density at radius 2 is 2.15 bits per heavy atom. The van der Waals surface area contributed by atoms with Crippen LogP contribution in [-0.2, 0) is 6.54 Å². The average Bonchev–Trinajstić information content (AvgIpc) is 2.09. The van der Waals surface area contributed by atoms with Gasteiger partial charge in [0.25, 0.3) is 0 Å². The quantitative estimate of drug-likeness (QED) is 0.707. The first-order valence-corrected chi connectivity index (χ1v) is 4.06. The van der Waals surface area contributed by atoms with Crippen molar-refractivity contribution in [1.82, 2.24) is 4.90 Å². The Balaban J connectivity index is 2.64. The predicted octanol–water partition coefficient (Wildman–Crippen LogP) is 1.35. The van der Waals surface area contributed by atoms with E-state index in [0.717, 1.165) is 5.56 Å². The SMILES string of the molecule is CN(CC#N)Cc1ccccc1O. The van der Waals surface area contributed by atoms with Gasteiger partial charge in [0.15, 0.2) is 0 Å². The van der Waals surface area contributed by atoms with Crippen LogP contribution in [0.25, 0.3) is 0 Å². The third kappa shape index (κ3) is 2.77. The average molecular weight is 176 g/mol. The van der Waals surface area contributed by atoms with Gasteiger partial charge >= 0.3 is 0 Å². The minimum atomic E-state index is 0.285. The molecule has 0 unspecified atom stereocenters. The molecule has 0 aliphatic carbocycles. The smallest absolute Gasteiger partial charge is 0.120 e. The molecule has 0 fully saturated rings. The molecular formula is C10H12N2O. The summed E-state index contributed by atoms with van der Waals surface area (Å²) in [4.78, 5) is 1.84. The molecule has 0 aliphatic heterocycles. The Morgan fingerprint density at radius 3 is 2.77 bits per heavy atom. The van der Waals surface area contributed by atoms with Crippen molar-refractivity contribution in [2.45, 2.75) is 6.54 Å². The monoisotopic (exact) mass is 176 g/mol. The van der Waals surface area contributed by atoms with E-state index in [1.807, 2.05) is 24.1 Å². The Morgan fingerprint density at radius 1 is 1.46 bits per heavy atom. The van der Waals surface area contributed by atoms with Crippen molar-refractivity contribution < 1.29 is 5.11 Å². The highest BCUT2D eigenvalue weighted by Gasteiger charge is 2.02. The lowest BCUT2D eigenvalue weighted by Crippen LogP contribution is -2.17. The van der Waals surface area contributed by atoms with Gasteiger partial charge in [0, 0.05) is 12.1 Å². The van der Waals surface area contributed by atoms with Crippen molar-refractivity contribution in [3.05, 3.63) is 29.8 Å². The molecule has 0 atom stereocenters. The Kier molecular flexibility index (Phi) is 3.30. The summed E-state index contributed by atoms with van der Waals surface area (Å²) in [5.74, 6) is 0.285. The first-order valence-electron chi connectivity index (χ1n) is 4.06. The van der Waals surface area contributed by atoms with Crippen molar-refractivity contribution in [2.75, 3.05) is 13.6 Å². The fraction of sp³-hybridized carbons (Fsp3) is 0.300. The molecule has 0 radical (unpaired) electrons. The second kappa shape index (κ2) is 4.48. The zero-order valence-corrected chi connectivity index (χ0v) is 7.57. The molecular weight excluding hydrogens is 164 g/mol. The molecule has 1 aromatic carbocycles. The van der Waals surface area contributed by atoms with Crippen molar-refractivity contribution in [3.63, 3.8) is 0 Å². The minimum absolute atomic E-state index is 0.285. The van der Waals surface area contributed by atoms with Crippen LogP contribution in [0, 0.1) is 11.3 Å². The number of phenolic OH excluding ortho intramolecular Hbond substituents is 1. The fourth-order valence-corrected chi connectivity index (χ4v) is 1.11. The summed E-state index contributed by atoms with van der Waals surface area (Å²) in [7, 11) is 1.84. The van der Waals surface area contributed by atoms with Gasteiger partial charge in [-0.25, -0.2) is 0 Å². The molecule has 0 saturated carbocycles. The third-order valence-corrected chi connectivity index (χ3v) is 1.77. The van der Waals surface area contributed by atoms with Gasteiger partial charge in [0.2, 0.25) is 0 Å². The van der Waals surface area contributed by atoms with Crippen LogP contribution in [0.2, 0.25) is 0 Å². The van der Waals surface area contributed by atoms with E-state index in [-0.39, 0.29) is 5.75 Å². The second-order valence-corrected chi connectivity index (χ2v) is 2.96. The van der Waals surface area contributed by atoms with Crippen LogP contribution in [0.3, 0.4) is 0 Å². The van der Waals surface area contributed by atoms with Crippen LogP contribution in [0.5, 0.6) is 5.75 Å². The number of benzene rings is 1. The van der Waals surface area contributed by atoms with Crippen LogP contribution in [-0.4, -0.2) is 23.6 Å². The molecule has 0 saturated heterocycles. The molecule has 1 rings (SSSR count). The highest BCUT2D eigenvalue weighted by Crippen LogP contribution is 2.16. The number of nitrogens with zero attached hydrogens (tertiary/aromatic N) is 2. The lowest BCUT2D eigenvalue weighted by atomic mass is 10.2. The van der Waals surface area contributed by atoms with Gasteiger partial charge in [-0.1, -0.05) is 18.2 Å². The van der Waals surface area contributed by atoms with E-state index in [4.69, 9.17) is 5.26 Å². The number of rotatable bonds is 3. The van der Waals surface area contributed by atoms with Crippen molar-refractivity contribution in [3.8, 4) is 11.8 Å². The van der Waals surface area contributed by atoms with Crippen LogP contribution in [0.15, 0.2) is 24.3 Å². The second-order valence-electron chi connectivity index (χ2n) is 2.96. The summed E-state index contributed by atoms with van der Waals surface area (Å²) in [5, 5.41) is 17.8. The number of nitriles is 1. The Hall–Kier alpha value is -1.53. The van der Waals surface area contributed by atoms with Gasteiger partial charge in [-0.05, 0) is 13.1 Å². The summed E-state index contributed by atoms with van der Waals surface area (Å²) < 4.78 is 0. The maximum Gasteiger partial charge on any atom is 0.120 e. The van der Waals surface area contributed by atoms with Crippen molar-refractivity contribution >= 4 is 0 Å². The van der Waals surface area contributed by atoms with Gasteiger partial charge in [0.1, 0.15) is 5.75 Å². The molecule has 0 spiro atoms. The molecule has 3 heteroatoms. The molecule has 0 bridgehead atoms. The molecule has 0 aliphatic rings. The van der Waals surface area contributed by atoms with E-state index in [1.165, 1.54) is 0 Å². The third-order valence-electron chi connectivity index (χ3n) is 1.77. The lowest BCUT2D eigenvalue weighted by molar-refractivity contribution is 0.356. The lowest BCUT2D eigenvalue weighted by Gasteiger charge is -2.12. The largest absolute Gasteiger partial charge is 0.508 e. The maximum atomic E-state index is 9.42. The molecule has 13 heavy (non-hydrogen) atoms. The van der Waals surface area contributed by atoms with Gasteiger partial charge in [-0.3, -0.25) is 4.90 Å². The summed E-state index contributed by atoms with van der Waals surface area (Å²) in [5.41, 5.74) is 0.847. The van der Waals surface area contributed by atoms with Gasteiger partial charge in [-0.15, -0.1) is 0 Å². The molecule has 0 amide bonds. The Labute approximate surface area is 77.8 Å². The minimum Gasteiger partial charge on any atom is -0.508 e. The maximum absolute atomic E-state index is 9.42. The standard InChI is InChI=1S/C10H12N2O/c1-12(7-6-11)8-9-4-2-3-5-10(9)13/h2-5,13H,7-8H2,1H3.